The summed E-state index contributed by atoms with van der Waals surface area (Å²) in [6.45, 7) is 7.89. The first-order chi connectivity index (χ1) is 13.9. The minimum atomic E-state index is -0.0384. The van der Waals surface area contributed by atoms with Crippen LogP contribution in [0.2, 0.25) is 0 Å². The summed E-state index contributed by atoms with van der Waals surface area (Å²) in [5, 5.41) is 3.24. The van der Waals surface area contributed by atoms with Gasteiger partial charge in [-0.3, -0.25) is 4.79 Å². The number of ether oxygens (including phenoxy) is 2. The lowest BCUT2D eigenvalue weighted by Crippen LogP contribution is -3.13. The number of rotatable bonds is 7. The lowest BCUT2D eigenvalue weighted by molar-refractivity contribution is -0.948. The monoisotopic (exact) mass is 397 g/mol. The number of methoxy groups -OCH3 is 2. The Morgan fingerprint density at radius 1 is 1.10 bits per heavy atom. The van der Waals surface area contributed by atoms with Gasteiger partial charge in [-0.25, -0.2) is 0 Å². The Morgan fingerprint density at radius 3 is 2.38 bits per heavy atom. The summed E-state index contributed by atoms with van der Waals surface area (Å²) in [6, 6.07) is 14.9. The van der Waals surface area contributed by atoms with Gasteiger partial charge in [0.1, 0.15) is 12.6 Å². The Kier molecular flexibility index (Phi) is 6.80. The van der Waals surface area contributed by atoms with Crippen LogP contribution >= 0.6 is 0 Å². The van der Waals surface area contributed by atoms with Crippen LogP contribution in [0, 0.1) is 5.92 Å². The van der Waals surface area contributed by atoms with Gasteiger partial charge >= 0.3 is 0 Å². The molecule has 1 aliphatic heterocycles. The van der Waals surface area contributed by atoms with Crippen molar-refractivity contribution in [3.8, 4) is 11.5 Å². The standard InChI is InChI=1S/C24H32N2O3/c1-16(2)24(27)25-17(3)23-20-14-22(29-5)21(28-4)13-19(20)11-12-26(23)15-18-9-7-6-8-10-18/h6-10,13-14,16-17,23H,11-12,15H2,1-5H3,(H,25,27)/p+1/t17-,23-/m0/s1. The molecule has 2 aromatic carbocycles. The Balaban J connectivity index is 1.98. The number of hydrogen-bond donors (Lipinski definition) is 2. The number of benzene rings is 2. The van der Waals surface area contributed by atoms with E-state index >= 15 is 0 Å². The summed E-state index contributed by atoms with van der Waals surface area (Å²) in [7, 11) is 3.34. The lowest BCUT2D eigenvalue weighted by Gasteiger charge is -2.38. The van der Waals surface area contributed by atoms with Crippen molar-refractivity contribution in [2.45, 2.75) is 45.8 Å². The van der Waals surface area contributed by atoms with Gasteiger partial charge in [0.25, 0.3) is 0 Å². The van der Waals surface area contributed by atoms with Crippen LogP contribution in [0.5, 0.6) is 11.5 Å². The predicted molar refractivity (Wildman–Crippen MR) is 114 cm³/mol. The van der Waals surface area contributed by atoms with E-state index in [4.69, 9.17) is 9.47 Å². The topological polar surface area (TPSA) is 52.0 Å². The molecule has 29 heavy (non-hydrogen) atoms. The van der Waals surface area contributed by atoms with E-state index in [9.17, 15) is 4.79 Å². The van der Waals surface area contributed by atoms with E-state index in [2.05, 4.69) is 48.6 Å². The molecule has 0 bridgehead atoms. The fraction of sp³-hybridized carbons (Fsp3) is 0.458. The maximum Gasteiger partial charge on any atom is 0.222 e. The Labute approximate surface area is 174 Å². The SMILES string of the molecule is COc1cc2c(cc1OC)[C@H]([C@H](C)NC(=O)C(C)C)[NH+](Cc1ccccc1)CC2. The van der Waals surface area contributed by atoms with Crippen LogP contribution in [-0.2, 0) is 17.8 Å². The van der Waals surface area contributed by atoms with Crippen LogP contribution < -0.4 is 19.7 Å². The average molecular weight is 398 g/mol. The minimum absolute atomic E-state index is 0.000707. The molecule has 3 atom stereocenters. The lowest BCUT2D eigenvalue weighted by atomic mass is 9.87. The van der Waals surface area contributed by atoms with Crippen LogP contribution in [0.25, 0.3) is 0 Å². The van der Waals surface area contributed by atoms with Crippen LogP contribution in [0.15, 0.2) is 42.5 Å². The van der Waals surface area contributed by atoms with E-state index in [0.717, 1.165) is 31.0 Å². The van der Waals surface area contributed by atoms with Gasteiger partial charge in [-0.05, 0) is 24.6 Å². The van der Waals surface area contributed by atoms with Crippen molar-refractivity contribution in [2.75, 3.05) is 20.8 Å². The number of carbonyl (C=O) groups excluding carboxylic acids is 1. The molecule has 2 aromatic rings. The first-order valence-electron chi connectivity index (χ1n) is 10.4. The van der Waals surface area contributed by atoms with E-state index in [1.165, 1.54) is 21.6 Å². The summed E-state index contributed by atoms with van der Waals surface area (Å²) in [5.41, 5.74) is 3.81. The number of carbonyl (C=O) groups is 1. The van der Waals surface area contributed by atoms with Gasteiger partial charge in [-0.2, -0.15) is 0 Å². The summed E-state index contributed by atoms with van der Waals surface area (Å²) in [4.78, 5) is 13.9. The van der Waals surface area contributed by atoms with E-state index in [1.54, 1.807) is 14.2 Å². The summed E-state index contributed by atoms with van der Waals surface area (Å²) < 4.78 is 11.1. The van der Waals surface area contributed by atoms with Crippen molar-refractivity contribution in [1.29, 1.82) is 0 Å². The first kappa shape index (κ1) is 21.2. The zero-order valence-corrected chi connectivity index (χ0v) is 18.1. The molecule has 5 nitrogen and oxygen atoms in total. The number of quaternary nitrogens is 1. The van der Waals surface area contributed by atoms with E-state index in [1.807, 2.05) is 19.9 Å². The van der Waals surface area contributed by atoms with Crippen molar-refractivity contribution < 1.29 is 19.2 Å². The summed E-state index contributed by atoms with van der Waals surface area (Å²) in [6.07, 6.45) is 0.971. The summed E-state index contributed by atoms with van der Waals surface area (Å²) in [5.74, 6) is 1.54. The van der Waals surface area contributed by atoms with Crippen LogP contribution in [0.4, 0.5) is 0 Å². The normalized spacial score (nSPS) is 19.4. The average Bonchev–Trinajstić information content (AvgIpc) is 2.72. The fourth-order valence-corrected chi connectivity index (χ4v) is 4.27. The van der Waals surface area contributed by atoms with Crippen LogP contribution in [-0.4, -0.2) is 32.7 Å². The molecule has 1 amide bonds. The molecule has 0 saturated carbocycles. The zero-order valence-electron chi connectivity index (χ0n) is 18.1. The van der Waals surface area contributed by atoms with Crippen molar-refractivity contribution in [2.24, 2.45) is 5.92 Å². The molecule has 156 valence electrons. The highest BCUT2D eigenvalue weighted by Gasteiger charge is 2.37. The van der Waals surface area contributed by atoms with E-state index in [0.29, 0.717) is 0 Å². The maximum absolute atomic E-state index is 12.4. The first-order valence-corrected chi connectivity index (χ1v) is 10.4. The number of amides is 1. The Morgan fingerprint density at radius 2 is 1.76 bits per heavy atom. The molecule has 0 radical (unpaired) electrons. The predicted octanol–water partition coefficient (Wildman–Crippen LogP) is 2.55. The van der Waals surface area contributed by atoms with Gasteiger partial charge in [-0.15, -0.1) is 0 Å². The second-order valence-electron chi connectivity index (χ2n) is 8.16. The smallest absolute Gasteiger partial charge is 0.222 e. The molecule has 5 heteroatoms. The molecule has 1 unspecified atom stereocenters. The molecule has 2 N–H and O–H groups in total. The van der Waals surface area contributed by atoms with Crippen LogP contribution in [0.1, 0.15) is 43.5 Å². The molecule has 0 fully saturated rings. The third kappa shape index (κ3) is 4.73. The molecule has 0 spiro atoms. The van der Waals surface area contributed by atoms with Crippen molar-refractivity contribution in [3.05, 3.63) is 59.2 Å². The highest BCUT2D eigenvalue weighted by Crippen LogP contribution is 2.35. The number of nitrogens with one attached hydrogen (secondary N) is 2. The molecule has 3 rings (SSSR count). The fourth-order valence-electron chi connectivity index (χ4n) is 4.27. The molecule has 0 aromatic heterocycles. The molecule has 1 heterocycles. The molecule has 0 saturated heterocycles. The second-order valence-corrected chi connectivity index (χ2v) is 8.16. The van der Waals surface area contributed by atoms with Gasteiger partial charge in [0.2, 0.25) is 5.91 Å². The molecule has 0 aliphatic carbocycles. The highest BCUT2D eigenvalue weighted by molar-refractivity contribution is 5.78. The molecule has 1 aliphatic rings. The quantitative estimate of drug-likeness (QED) is 0.755. The summed E-state index contributed by atoms with van der Waals surface area (Å²) >= 11 is 0. The largest absolute Gasteiger partial charge is 0.493 e. The zero-order chi connectivity index (χ0) is 21.0. The van der Waals surface area contributed by atoms with Crippen molar-refractivity contribution in [3.63, 3.8) is 0 Å². The third-order valence-electron chi connectivity index (χ3n) is 5.80. The number of hydrogen-bond acceptors (Lipinski definition) is 3. The van der Waals surface area contributed by atoms with Gasteiger partial charge in [0.05, 0.1) is 26.8 Å². The molecular formula is C24H33N2O3+. The maximum atomic E-state index is 12.4. The molecular weight excluding hydrogens is 364 g/mol. The number of fused-ring (bicyclic) bond motifs is 1. The Bertz CT molecular complexity index is 836. The van der Waals surface area contributed by atoms with Gasteiger partial charge in [0, 0.05) is 23.5 Å². The van der Waals surface area contributed by atoms with Gasteiger partial charge in [0.15, 0.2) is 11.5 Å². The van der Waals surface area contributed by atoms with Gasteiger partial charge in [-0.1, -0.05) is 44.2 Å². The Hall–Kier alpha value is -2.53. The van der Waals surface area contributed by atoms with E-state index in [-0.39, 0.29) is 23.9 Å². The van der Waals surface area contributed by atoms with Gasteiger partial charge < -0.3 is 19.7 Å². The highest BCUT2D eigenvalue weighted by atomic mass is 16.5. The minimum Gasteiger partial charge on any atom is -0.493 e. The van der Waals surface area contributed by atoms with Crippen LogP contribution in [0.3, 0.4) is 0 Å². The van der Waals surface area contributed by atoms with Crippen molar-refractivity contribution >= 4 is 5.91 Å². The van der Waals surface area contributed by atoms with E-state index < -0.39 is 0 Å². The second kappa shape index (κ2) is 9.31. The van der Waals surface area contributed by atoms with Crippen molar-refractivity contribution in [1.82, 2.24) is 5.32 Å². The third-order valence-corrected chi connectivity index (χ3v) is 5.80.